The fraction of sp³-hybridized carbons (Fsp3) is 0.0714. The van der Waals surface area contributed by atoms with Gasteiger partial charge in [0.1, 0.15) is 5.82 Å². The van der Waals surface area contributed by atoms with E-state index in [0.717, 1.165) is 4.90 Å². The number of hydrogen-bond donors (Lipinski definition) is 0. The minimum absolute atomic E-state index is 0.00781. The van der Waals surface area contributed by atoms with Crippen LogP contribution in [0.5, 0.6) is 0 Å². The third kappa shape index (κ3) is 3.57. The molecule has 0 radical (unpaired) electrons. The first-order valence-electron chi connectivity index (χ1n) is 5.81. The van der Waals surface area contributed by atoms with E-state index in [2.05, 4.69) is 4.74 Å². The lowest BCUT2D eigenvalue weighted by Crippen LogP contribution is -2.04. The molecule has 0 saturated carbocycles. The Morgan fingerprint density at radius 2 is 1.81 bits per heavy atom. The van der Waals surface area contributed by atoms with E-state index >= 15 is 0 Å². The molecule has 0 saturated heterocycles. The molecule has 0 amide bonds. The summed E-state index contributed by atoms with van der Waals surface area (Å²) in [4.78, 5) is 22.6. The van der Waals surface area contributed by atoms with Gasteiger partial charge in [0.15, 0.2) is 0 Å². The molecule has 5 nitrogen and oxygen atoms in total. The predicted molar refractivity (Wildman–Crippen MR) is 75.0 cm³/mol. The van der Waals surface area contributed by atoms with Gasteiger partial charge in [-0.3, -0.25) is 10.1 Å². The molecule has 0 aliphatic heterocycles. The Balaban J connectivity index is 2.18. The van der Waals surface area contributed by atoms with E-state index in [-0.39, 0.29) is 11.3 Å². The molecule has 0 bridgehead atoms. The number of nitro benzene ring substituents is 1. The normalized spacial score (nSPS) is 10.2. The Kier molecular flexibility index (Phi) is 4.54. The molecule has 0 aromatic heterocycles. The molecule has 108 valence electrons. The van der Waals surface area contributed by atoms with Crippen molar-refractivity contribution < 1.29 is 18.8 Å². The van der Waals surface area contributed by atoms with Crippen LogP contribution in [-0.4, -0.2) is 18.0 Å². The summed E-state index contributed by atoms with van der Waals surface area (Å²) in [5, 5.41) is 10.6. The minimum atomic E-state index is -0.737. The van der Waals surface area contributed by atoms with Gasteiger partial charge in [-0.05, 0) is 30.3 Å². The van der Waals surface area contributed by atoms with Gasteiger partial charge in [0.25, 0.3) is 5.69 Å². The maximum Gasteiger partial charge on any atom is 0.340 e. The molecular weight excluding hydrogens is 297 g/mol. The molecule has 0 spiro atoms. The Labute approximate surface area is 123 Å². The number of esters is 1. The number of nitrogens with zero attached hydrogens (tertiary/aromatic N) is 1. The molecule has 0 heterocycles. The van der Waals surface area contributed by atoms with Crippen molar-refractivity contribution in [3.8, 4) is 0 Å². The summed E-state index contributed by atoms with van der Waals surface area (Å²) in [6.07, 6.45) is 0. The average Bonchev–Trinajstić information content (AvgIpc) is 2.47. The topological polar surface area (TPSA) is 69.4 Å². The summed E-state index contributed by atoms with van der Waals surface area (Å²) < 4.78 is 18.2. The average molecular weight is 307 g/mol. The molecule has 2 rings (SSSR count). The van der Waals surface area contributed by atoms with Crippen LogP contribution < -0.4 is 0 Å². The number of halogens is 1. The van der Waals surface area contributed by atoms with Gasteiger partial charge in [-0.2, -0.15) is 0 Å². The molecule has 2 aromatic rings. The van der Waals surface area contributed by atoms with Crippen LogP contribution in [0.2, 0.25) is 0 Å². The van der Waals surface area contributed by atoms with Crippen LogP contribution >= 0.6 is 11.8 Å². The molecule has 2 aromatic carbocycles. The third-order valence-corrected chi connectivity index (χ3v) is 3.63. The molecule has 7 heteroatoms. The first-order valence-corrected chi connectivity index (χ1v) is 6.63. The number of carbonyl (C=O) groups is 1. The second-order valence-electron chi connectivity index (χ2n) is 3.99. The van der Waals surface area contributed by atoms with Crippen molar-refractivity contribution in [1.29, 1.82) is 0 Å². The standard InChI is InChI=1S/C14H10FNO4S/c1-20-14(17)12-7-6-11(8-13(12)15)21-10-4-2-9(3-5-10)16(18)19/h2-8H,1H3. The molecule has 0 atom stereocenters. The Morgan fingerprint density at radius 3 is 2.33 bits per heavy atom. The second kappa shape index (κ2) is 6.36. The van der Waals surface area contributed by atoms with Gasteiger partial charge >= 0.3 is 5.97 Å². The zero-order valence-electron chi connectivity index (χ0n) is 10.9. The maximum absolute atomic E-state index is 13.8. The van der Waals surface area contributed by atoms with Gasteiger partial charge in [0.05, 0.1) is 17.6 Å². The van der Waals surface area contributed by atoms with Crippen molar-refractivity contribution in [2.75, 3.05) is 7.11 Å². The van der Waals surface area contributed by atoms with Gasteiger partial charge in [-0.1, -0.05) is 11.8 Å². The van der Waals surface area contributed by atoms with E-state index in [1.165, 1.54) is 43.1 Å². The maximum atomic E-state index is 13.8. The van der Waals surface area contributed by atoms with Crippen molar-refractivity contribution in [2.24, 2.45) is 0 Å². The molecular formula is C14H10FNO4S. The molecule has 0 fully saturated rings. The van der Waals surface area contributed by atoms with Crippen LogP contribution in [0.25, 0.3) is 0 Å². The lowest BCUT2D eigenvalue weighted by molar-refractivity contribution is -0.384. The van der Waals surface area contributed by atoms with E-state index in [1.54, 1.807) is 18.2 Å². The van der Waals surface area contributed by atoms with Crippen molar-refractivity contribution in [1.82, 2.24) is 0 Å². The molecule has 21 heavy (non-hydrogen) atoms. The number of carbonyl (C=O) groups excluding carboxylic acids is 1. The van der Waals surface area contributed by atoms with Crippen molar-refractivity contribution in [3.05, 3.63) is 64.0 Å². The van der Waals surface area contributed by atoms with E-state index < -0.39 is 16.7 Å². The van der Waals surface area contributed by atoms with Gasteiger partial charge < -0.3 is 4.74 Å². The fourth-order valence-corrected chi connectivity index (χ4v) is 2.45. The lowest BCUT2D eigenvalue weighted by atomic mass is 10.2. The van der Waals surface area contributed by atoms with Crippen LogP contribution in [0.3, 0.4) is 0 Å². The summed E-state index contributed by atoms with van der Waals surface area (Å²) in [6.45, 7) is 0. The summed E-state index contributed by atoms with van der Waals surface area (Å²) in [5.41, 5.74) is -0.142. The van der Waals surface area contributed by atoms with Crippen LogP contribution in [0.4, 0.5) is 10.1 Å². The highest BCUT2D eigenvalue weighted by Gasteiger charge is 2.13. The molecule has 0 aliphatic carbocycles. The summed E-state index contributed by atoms with van der Waals surface area (Å²) in [5.74, 6) is -1.41. The van der Waals surface area contributed by atoms with Gasteiger partial charge in [-0.25, -0.2) is 9.18 Å². The minimum Gasteiger partial charge on any atom is -0.465 e. The molecule has 0 aliphatic rings. The van der Waals surface area contributed by atoms with Crippen molar-refractivity contribution in [3.63, 3.8) is 0 Å². The number of nitro groups is 1. The highest BCUT2D eigenvalue weighted by atomic mass is 32.2. The first-order chi connectivity index (χ1) is 10.0. The Bertz CT molecular complexity index is 688. The Morgan fingerprint density at radius 1 is 1.19 bits per heavy atom. The fourth-order valence-electron chi connectivity index (χ4n) is 1.61. The van der Waals surface area contributed by atoms with E-state index in [0.29, 0.717) is 4.90 Å². The number of ether oxygens (including phenoxy) is 1. The first kappa shape index (κ1) is 15.0. The van der Waals surface area contributed by atoms with Crippen molar-refractivity contribution in [2.45, 2.75) is 9.79 Å². The number of rotatable bonds is 4. The zero-order chi connectivity index (χ0) is 15.4. The van der Waals surface area contributed by atoms with Crippen LogP contribution in [0.15, 0.2) is 52.3 Å². The highest BCUT2D eigenvalue weighted by Crippen LogP contribution is 2.30. The van der Waals surface area contributed by atoms with Crippen LogP contribution in [0.1, 0.15) is 10.4 Å². The zero-order valence-corrected chi connectivity index (χ0v) is 11.7. The van der Waals surface area contributed by atoms with E-state index in [1.807, 2.05) is 0 Å². The third-order valence-electron chi connectivity index (χ3n) is 2.63. The van der Waals surface area contributed by atoms with Crippen LogP contribution in [-0.2, 0) is 4.74 Å². The summed E-state index contributed by atoms with van der Waals surface area (Å²) >= 11 is 1.24. The molecule has 0 unspecified atom stereocenters. The lowest BCUT2D eigenvalue weighted by Gasteiger charge is -2.05. The largest absolute Gasteiger partial charge is 0.465 e. The second-order valence-corrected chi connectivity index (χ2v) is 5.13. The van der Waals surface area contributed by atoms with Gasteiger partial charge in [0, 0.05) is 21.9 Å². The summed E-state index contributed by atoms with van der Waals surface area (Å²) in [6, 6.07) is 10.1. The smallest absolute Gasteiger partial charge is 0.340 e. The number of benzene rings is 2. The number of non-ortho nitro benzene ring substituents is 1. The quantitative estimate of drug-likeness (QED) is 0.489. The van der Waals surface area contributed by atoms with Crippen molar-refractivity contribution >= 4 is 23.4 Å². The van der Waals surface area contributed by atoms with Gasteiger partial charge in [0.2, 0.25) is 0 Å². The SMILES string of the molecule is COC(=O)c1ccc(Sc2ccc([N+](=O)[O-])cc2)cc1F. The highest BCUT2D eigenvalue weighted by molar-refractivity contribution is 7.99. The number of methoxy groups -OCH3 is 1. The monoisotopic (exact) mass is 307 g/mol. The van der Waals surface area contributed by atoms with Gasteiger partial charge in [-0.15, -0.1) is 0 Å². The number of hydrogen-bond acceptors (Lipinski definition) is 5. The molecule has 0 N–H and O–H groups in total. The van der Waals surface area contributed by atoms with E-state index in [4.69, 9.17) is 0 Å². The van der Waals surface area contributed by atoms with Crippen LogP contribution in [0, 0.1) is 15.9 Å². The predicted octanol–water partition coefficient (Wildman–Crippen LogP) is 3.67. The van der Waals surface area contributed by atoms with E-state index in [9.17, 15) is 19.3 Å². The summed E-state index contributed by atoms with van der Waals surface area (Å²) in [7, 11) is 1.18. The Hall–Kier alpha value is -2.41.